The minimum absolute atomic E-state index is 0.871. The van der Waals surface area contributed by atoms with Gasteiger partial charge in [0.15, 0.2) is 0 Å². The molecule has 0 radical (unpaired) electrons. The molecule has 4 nitrogen and oxygen atoms in total. The van der Waals surface area contributed by atoms with E-state index in [2.05, 4.69) is 19.9 Å². The average molecular weight is 206 g/mol. The van der Waals surface area contributed by atoms with E-state index in [-0.39, 0.29) is 0 Å². The lowest BCUT2D eigenvalue weighted by Crippen LogP contribution is -1.91. The maximum absolute atomic E-state index is 4.38. The molecule has 0 aliphatic heterocycles. The number of benzene rings is 1. The molecule has 4 aromatic rings. The number of pyridine rings is 2. The molecule has 0 unspecified atom stereocenters. The first kappa shape index (κ1) is 7.87. The zero-order chi connectivity index (χ0) is 10.5. The second-order valence-corrected chi connectivity index (χ2v) is 3.70. The number of aromatic nitrogens is 4. The number of rotatable bonds is 0. The summed E-state index contributed by atoms with van der Waals surface area (Å²) >= 11 is 0. The van der Waals surface area contributed by atoms with Gasteiger partial charge in [0.1, 0.15) is 6.33 Å². The molecule has 0 saturated carbocycles. The van der Waals surface area contributed by atoms with Gasteiger partial charge in [-0.3, -0.25) is 9.97 Å². The standard InChI is InChI=1S/C12H6N4/c1-2-8-12-10(16-6-15-8)5-14-9-3-4-13-7(1)11(9)12/h1-6H. The Morgan fingerprint density at radius 3 is 2.25 bits per heavy atom. The van der Waals surface area contributed by atoms with Gasteiger partial charge >= 0.3 is 0 Å². The van der Waals surface area contributed by atoms with Crippen LogP contribution in [0.1, 0.15) is 0 Å². The molecule has 0 aliphatic carbocycles. The molecule has 4 rings (SSSR count). The van der Waals surface area contributed by atoms with Crippen molar-refractivity contribution in [3.63, 3.8) is 0 Å². The number of nitrogens with zero attached hydrogens (tertiary/aromatic N) is 4. The summed E-state index contributed by atoms with van der Waals surface area (Å²) < 4.78 is 0. The minimum atomic E-state index is 0.871. The summed E-state index contributed by atoms with van der Waals surface area (Å²) in [5.41, 5.74) is 3.70. The average Bonchev–Trinajstić information content (AvgIpc) is 2.36. The van der Waals surface area contributed by atoms with E-state index in [4.69, 9.17) is 0 Å². The van der Waals surface area contributed by atoms with Crippen molar-refractivity contribution in [3.05, 3.63) is 36.9 Å². The Bertz CT molecular complexity index is 680. The van der Waals surface area contributed by atoms with Crippen molar-refractivity contribution in [1.29, 1.82) is 0 Å². The molecule has 74 valence electrons. The van der Waals surface area contributed by atoms with E-state index in [1.807, 2.05) is 18.2 Å². The van der Waals surface area contributed by atoms with Gasteiger partial charge in [-0.1, -0.05) is 0 Å². The van der Waals surface area contributed by atoms with Crippen LogP contribution in [0.3, 0.4) is 0 Å². The van der Waals surface area contributed by atoms with Gasteiger partial charge in [0, 0.05) is 17.0 Å². The zero-order valence-corrected chi connectivity index (χ0v) is 8.25. The summed E-state index contributed by atoms with van der Waals surface area (Å²) in [7, 11) is 0. The molecule has 3 aromatic heterocycles. The fourth-order valence-electron chi connectivity index (χ4n) is 2.14. The lowest BCUT2D eigenvalue weighted by Gasteiger charge is -2.06. The molecule has 0 saturated heterocycles. The van der Waals surface area contributed by atoms with Gasteiger partial charge in [-0.15, -0.1) is 0 Å². The van der Waals surface area contributed by atoms with Gasteiger partial charge in [0.25, 0.3) is 0 Å². The van der Waals surface area contributed by atoms with E-state index in [0.717, 1.165) is 32.8 Å². The quantitative estimate of drug-likeness (QED) is 0.414. The Balaban J connectivity index is 2.51. The molecule has 0 bridgehead atoms. The maximum Gasteiger partial charge on any atom is 0.116 e. The molecule has 1 aromatic carbocycles. The van der Waals surface area contributed by atoms with Crippen LogP contribution in [0, 0.1) is 0 Å². The third kappa shape index (κ3) is 0.839. The molecular formula is C12H6N4. The summed E-state index contributed by atoms with van der Waals surface area (Å²) in [5, 5.41) is 2.11. The van der Waals surface area contributed by atoms with Crippen LogP contribution in [0.4, 0.5) is 0 Å². The minimum Gasteiger partial charge on any atom is -0.256 e. The SMILES string of the molecule is c1cc2ncc3ncnc4ccc(n1)c2c43. The molecule has 0 atom stereocenters. The van der Waals surface area contributed by atoms with E-state index >= 15 is 0 Å². The molecule has 0 amide bonds. The zero-order valence-electron chi connectivity index (χ0n) is 8.25. The van der Waals surface area contributed by atoms with Gasteiger partial charge in [0.2, 0.25) is 0 Å². The lowest BCUT2D eigenvalue weighted by atomic mass is 10.1. The second kappa shape index (κ2) is 2.61. The Hall–Kier alpha value is -2.36. The van der Waals surface area contributed by atoms with Crippen molar-refractivity contribution < 1.29 is 0 Å². The Morgan fingerprint density at radius 2 is 1.31 bits per heavy atom. The van der Waals surface area contributed by atoms with E-state index in [1.54, 1.807) is 18.7 Å². The predicted molar refractivity (Wildman–Crippen MR) is 61.3 cm³/mol. The first-order chi connectivity index (χ1) is 7.93. The van der Waals surface area contributed by atoms with Crippen LogP contribution >= 0.6 is 0 Å². The molecule has 16 heavy (non-hydrogen) atoms. The largest absolute Gasteiger partial charge is 0.256 e. The van der Waals surface area contributed by atoms with Crippen molar-refractivity contribution in [2.75, 3.05) is 0 Å². The monoisotopic (exact) mass is 206 g/mol. The molecule has 4 heteroatoms. The highest BCUT2D eigenvalue weighted by Gasteiger charge is 2.09. The smallest absolute Gasteiger partial charge is 0.116 e. The van der Waals surface area contributed by atoms with Gasteiger partial charge in [-0.05, 0) is 18.2 Å². The molecule has 0 spiro atoms. The van der Waals surface area contributed by atoms with Crippen molar-refractivity contribution >= 4 is 32.8 Å². The van der Waals surface area contributed by atoms with Gasteiger partial charge in [-0.2, -0.15) is 0 Å². The van der Waals surface area contributed by atoms with Gasteiger partial charge < -0.3 is 0 Å². The fourth-order valence-corrected chi connectivity index (χ4v) is 2.14. The third-order valence-electron chi connectivity index (χ3n) is 2.84. The molecule has 0 N–H and O–H groups in total. The first-order valence-electron chi connectivity index (χ1n) is 5.00. The van der Waals surface area contributed by atoms with Crippen LogP contribution in [0.2, 0.25) is 0 Å². The summed E-state index contributed by atoms with van der Waals surface area (Å²) in [4.78, 5) is 17.2. The van der Waals surface area contributed by atoms with Crippen LogP contribution in [0.25, 0.3) is 32.8 Å². The summed E-state index contributed by atoms with van der Waals surface area (Å²) in [6.07, 6.45) is 5.12. The van der Waals surface area contributed by atoms with Gasteiger partial charge in [-0.25, -0.2) is 9.97 Å². The normalized spacial score (nSPS) is 11.8. The highest BCUT2D eigenvalue weighted by molar-refractivity contribution is 6.18. The highest BCUT2D eigenvalue weighted by atomic mass is 14.8. The molecular weight excluding hydrogens is 200 g/mol. The Kier molecular flexibility index (Phi) is 1.28. The van der Waals surface area contributed by atoms with Crippen molar-refractivity contribution in [2.24, 2.45) is 0 Å². The molecule has 0 aliphatic rings. The third-order valence-corrected chi connectivity index (χ3v) is 2.84. The van der Waals surface area contributed by atoms with Crippen LogP contribution in [0.5, 0.6) is 0 Å². The Morgan fingerprint density at radius 1 is 0.625 bits per heavy atom. The Labute approximate surface area is 90.3 Å². The van der Waals surface area contributed by atoms with Crippen LogP contribution in [-0.2, 0) is 0 Å². The second-order valence-electron chi connectivity index (χ2n) is 3.70. The lowest BCUT2D eigenvalue weighted by molar-refractivity contribution is 1.24. The van der Waals surface area contributed by atoms with E-state index in [1.165, 1.54) is 0 Å². The number of hydrogen-bond donors (Lipinski definition) is 0. The van der Waals surface area contributed by atoms with Gasteiger partial charge in [0.05, 0.1) is 28.3 Å². The first-order valence-corrected chi connectivity index (χ1v) is 5.00. The summed E-state index contributed by atoms with van der Waals surface area (Å²) in [5.74, 6) is 0. The van der Waals surface area contributed by atoms with Crippen LogP contribution in [-0.4, -0.2) is 19.9 Å². The van der Waals surface area contributed by atoms with Crippen molar-refractivity contribution in [2.45, 2.75) is 0 Å². The fraction of sp³-hybridized carbons (Fsp3) is 0. The summed E-state index contributed by atoms with van der Waals surface area (Å²) in [6, 6.07) is 5.85. The van der Waals surface area contributed by atoms with E-state index < -0.39 is 0 Å². The maximum atomic E-state index is 4.38. The van der Waals surface area contributed by atoms with E-state index in [0.29, 0.717) is 0 Å². The van der Waals surface area contributed by atoms with Crippen molar-refractivity contribution in [3.8, 4) is 0 Å². The highest BCUT2D eigenvalue weighted by Crippen LogP contribution is 2.29. The number of hydrogen-bond acceptors (Lipinski definition) is 4. The van der Waals surface area contributed by atoms with Crippen molar-refractivity contribution in [1.82, 2.24) is 19.9 Å². The predicted octanol–water partition coefficient (Wildman–Crippen LogP) is 2.16. The summed E-state index contributed by atoms with van der Waals surface area (Å²) in [6.45, 7) is 0. The molecule has 0 fully saturated rings. The van der Waals surface area contributed by atoms with Crippen LogP contribution < -0.4 is 0 Å². The van der Waals surface area contributed by atoms with Crippen LogP contribution in [0.15, 0.2) is 36.9 Å². The topological polar surface area (TPSA) is 51.6 Å². The molecule has 3 heterocycles. The van der Waals surface area contributed by atoms with E-state index in [9.17, 15) is 0 Å².